The molecule has 16 heavy (non-hydrogen) atoms. The summed E-state index contributed by atoms with van der Waals surface area (Å²) in [7, 11) is 0. The molecule has 0 saturated heterocycles. The fraction of sp³-hybridized carbons (Fsp3) is 0.375. The summed E-state index contributed by atoms with van der Waals surface area (Å²) in [6, 6.07) is 10.0. The second-order valence-corrected chi connectivity index (χ2v) is 3.82. The monoisotopic (exact) mass is 216 g/mol. The highest BCUT2D eigenvalue weighted by molar-refractivity contribution is 5.45. The molecule has 0 aliphatic carbocycles. The van der Waals surface area contributed by atoms with Crippen molar-refractivity contribution in [1.82, 2.24) is 0 Å². The van der Waals surface area contributed by atoms with Crippen LogP contribution in [0.3, 0.4) is 0 Å². The molecule has 0 heterocycles. The van der Waals surface area contributed by atoms with Crippen LogP contribution in [0.25, 0.3) is 6.08 Å². The average Bonchev–Trinajstić information content (AvgIpc) is 2.37. The van der Waals surface area contributed by atoms with Gasteiger partial charge in [-0.15, -0.1) is 0 Å². The smallest absolute Gasteiger partial charge is 0.0263 e. The van der Waals surface area contributed by atoms with Crippen molar-refractivity contribution in [2.24, 2.45) is 0 Å². The largest absolute Gasteiger partial charge is 0.0999 e. The highest BCUT2D eigenvalue weighted by Gasteiger charge is 1.86. The number of benzene rings is 1. The summed E-state index contributed by atoms with van der Waals surface area (Å²) in [5.74, 6) is 0. The van der Waals surface area contributed by atoms with Crippen LogP contribution in [0, 0.1) is 0 Å². The Kier molecular flexibility index (Phi) is 9.39. The molecule has 0 heteroatoms. The summed E-state index contributed by atoms with van der Waals surface area (Å²) < 4.78 is 0. The normalized spacial score (nSPS) is 8.88. The number of unbranched alkanes of at least 4 members (excludes halogenated alkanes) is 1. The van der Waals surface area contributed by atoms with Gasteiger partial charge in [0.1, 0.15) is 0 Å². The summed E-state index contributed by atoms with van der Waals surface area (Å²) in [5.41, 5.74) is 2.57. The van der Waals surface area contributed by atoms with Crippen molar-refractivity contribution in [2.45, 2.75) is 39.5 Å². The zero-order chi connectivity index (χ0) is 12.2. The zero-order valence-corrected chi connectivity index (χ0v) is 10.7. The second-order valence-electron chi connectivity index (χ2n) is 3.82. The van der Waals surface area contributed by atoms with Gasteiger partial charge in [0, 0.05) is 0 Å². The topological polar surface area (TPSA) is 0 Å². The van der Waals surface area contributed by atoms with Crippen LogP contribution in [0.2, 0.25) is 0 Å². The Hall–Kier alpha value is -1.30. The minimum Gasteiger partial charge on any atom is -0.0999 e. The Morgan fingerprint density at radius 1 is 1.19 bits per heavy atom. The highest BCUT2D eigenvalue weighted by atomic mass is 13.9. The van der Waals surface area contributed by atoms with E-state index in [4.69, 9.17) is 0 Å². The molecule has 0 unspecified atom stereocenters. The second kappa shape index (κ2) is 10.2. The molecule has 0 fully saturated rings. The van der Waals surface area contributed by atoms with Crippen LogP contribution < -0.4 is 0 Å². The Balaban J connectivity index is 0.000000281. The summed E-state index contributed by atoms with van der Waals surface area (Å²) in [6.07, 6.45) is 6.82. The molecule has 0 aliphatic rings. The van der Waals surface area contributed by atoms with E-state index in [0.717, 1.165) is 6.42 Å². The van der Waals surface area contributed by atoms with Crippen LogP contribution in [-0.4, -0.2) is 0 Å². The first kappa shape index (κ1) is 14.7. The van der Waals surface area contributed by atoms with E-state index in [9.17, 15) is 0 Å². The third-order valence-electron chi connectivity index (χ3n) is 2.42. The van der Waals surface area contributed by atoms with Gasteiger partial charge in [0.05, 0.1) is 0 Å². The number of rotatable bonds is 5. The lowest BCUT2D eigenvalue weighted by Crippen LogP contribution is -1.76. The molecule has 1 rings (SSSR count). The summed E-state index contributed by atoms with van der Waals surface area (Å²) in [6.45, 7) is 11.9. The van der Waals surface area contributed by atoms with Crippen molar-refractivity contribution >= 4 is 6.08 Å². The molecule has 88 valence electrons. The molecule has 0 N–H and O–H groups in total. The molecule has 0 aliphatic heterocycles. The molecular weight excluding hydrogens is 192 g/mol. The maximum absolute atomic E-state index is 3.91. The van der Waals surface area contributed by atoms with E-state index in [0.29, 0.717) is 0 Å². The molecule has 0 amide bonds. The van der Waals surface area contributed by atoms with Crippen LogP contribution in [0.4, 0.5) is 0 Å². The van der Waals surface area contributed by atoms with Gasteiger partial charge in [-0.1, -0.05) is 75.4 Å². The van der Waals surface area contributed by atoms with Gasteiger partial charge in [-0.2, -0.15) is 0 Å². The lowest BCUT2D eigenvalue weighted by Gasteiger charge is -1.97. The Bertz CT molecular complexity index is 282. The van der Waals surface area contributed by atoms with E-state index in [1.807, 2.05) is 36.4 Å². The first-order valence-electron chi connectivity index (χ1n) is 6.08. The molecule has 1 aromatic rings. The number of hydrogen-bond donors (Lipinski definition) is 0. The van der Waals surface area contributed by atoms with Gasteiger partial charge in [0.2, 0.25) is 0 Å². The summed E-state index contributed by atoms with van der Waals surface area (Å²) in [5, 5.41) is 0. The van der Waals surface area contributed by atoms with E-state index < -0.39 is 0 Å². The Morgan fingerprint density at radius 3 is 2.19 bits per heavy atom. The maximum atomic E-state index is 3.91. The fourth-order valence-electron chi connectivity index (χ4n) is 1.19. The molecule has 1 aromatic carbocycles. The van der Waals surface area contributed by atoms with Crippen LogP contribution >= 0.6 is 0 Å². The van der Waals surface area contributed by atoms with E-state index >= 15 is 0 Å². The Morgan fingerprint density at radius 2 is 1.81 bits per heavy atom. The highest BCUT2D eigenvalue weighted by Crippen LogP contribution is 2.06. The SMILES string of the molecule is C=C(CC)CCCC.C=Cc1ccccc1. The lowest BCUT2D eigenvalue weighted by molar-refractivity contribution is 0.769. The standard InChI is InChI=1S/C8H8.C8H16/c1-2-8-6-4-3-5-7-8;1-4-6-7-8(3)5-2/h2-7H,1H2;3-7H2,1-2H3. The molecule has 0 bridgehead atoms. The van der Waals surface area contributed by atoms with Gasteiger partial charge in [-0.25, -0.2) is 0 Å². The molecule has 0 nitrogen and oxygen atoms in total. The molecular formula is C16H24. The van der Waals surface area contributed by atoms with Gasteiger partial charge in [0.25, 0.3) is 0 Å². The van der Waals surface area contributed by atoms with Gasteiger partial charge in [-0.3, -0.25) is 0 Å². The summed E-state index contributed by atoms with van der Waals surface area (Å²) >= 11 is 0. The first-order valence-corrected chi connectivity index (χ1v) is 6.08. The van der Waals surface area contributed by atoms with E-state index in [-0.39, 0.29) is 0 Å². The van der Waals surface area contributed by atoms with E-state index in [1.165, 1.54) is 30.4 Å². The van der Waals surface area contributed by atoms with Crippen molar-refractivity contribution in [3.8, 4) is 0 Å². The van der Waals surface area contributed by atoms with Gasteiger partial charge in [-0.05, 0) is 24.8 Å². The van der Waals surface area contributed by atoms with Crippen LogP contribution in [0.5, 0.6) is 0 Å². The van der Waals surface area contributed by atoms with Crippen molar-refractivity contribution < 1.29 is 0 Å². The van der Waals surface area contributed by atoms with Crippen molar-refractivity contribution in [3.05, 3.63) is 54.6 Å². The predicted octanol–water partition coefficient (Wildman–Crippen LogP) is 5.47. The molecule has 0 atom stereocenters. The average molecular weight is 216 g/mol. The summed E-state index contributed by atoms with van der Waals surface area (Å²) in [4.78, 5) is 0. The van der Waals surface area contributed by atoms with Crippen LogP contribution in [0.1, 0.15) is 45.1 Å². The quantitative estimate of drug-likeness (QED) is 0.572. The third kappa shape index (κ3) is 8.05. The van der Waals surface area contributed by atoms with Crippen LogP contribution in [0.15, 0.2) is 49.1 Å². The van der Waals surface area contributed by atoms with Gasteiger partial charge < -0.3 is 0 Å². The van der Waals surface area contributed by atoms with Gasteiger partial charge >= 0.3 is 0 Å². The molecule has 0 aromatic heterocycles. The minimum atomic E-state index is 1.15. The molecule has 0 radical (unpaired) electrons. The first-order chi connectivity index (χ1) is 7.74. The predicted molar refractivity (Wildman–Crippen MR) is 75.5 cm³/mol. The van der Waals surface area contributed by atoms with Gasteiger partial charge in [0.15, 0.2) is 0 Å². The Labute approximate surface area is 101 Å². The molecule has 0 spiro atoms. The van der Waals surface area contributed by atoms with Crippen molar-refractivity contribution in [3.63, 3.8) is 0 Å². The maximum Gasteiger partial charge on any atom is -0.0263 e. The zero-order valence-electron chi connectivity index (χ0n) is 10.7. The number of hydrogen-bond acceptors (Lipinski definition) is 0. The molecule has 0 saturated carbocycles. The van der Waals surface area contributed by atoms with Crippen molar-refractivity contribution in [1.29, 1.82) is 0 Å². The van der Waals surface area contributed by atoms with Crippen molar-refractivity contribution in [2.75, 3.05) is 0 Å². The van der Waals surface area contributed by atoms with E-state index in [2.05, 4.69) is 27.0 Å². The third-order valence-corrected chi connectivity index (χ3v) is 2.42. The van der Waals surface area contributed by atoms with Crippen LogP contribution in [-0.2, 0) is 0 Å². The lowest BCUT2D eigenvalue weighted by atomic mass is 10.1. The number of allylic oxidation sites excluding steroid dienone is 1. The fourth-order valence-corrected chi connectivity index (χ4v) is 1.19. The van der Waals surface area contributed by atoms with E-state index in [1.54, 1.807) is 0 Å². The minimum absolute atomic E-state index is 1.15.